The molecule has 1 aromatic carbocycles. The molecule has 0 fully saturated rings. The van der Waals surface area contributed by atoms with Gasteiger partial charge in [-0.15, -0.1) is 10.2 Å². The van der Waals surface area contributed by atoms with Gasteiger partial charge in [-0.3, -0.25) is 0 Å². The zero-order valence-corrected chi connectivity index (χ0v) is 9.85. The third kappa shape index (κ3) is 2.27. The van der Waals surface area contributed by atoms with Crippen LogP contribution in [0.1, 0.15) is 13.3 Å². The van der Waals surface area contributed by atoms with E-state index in [1.54, 1.807) is 18.5 Å². The maximum Gasteiger partial charge on any atom is 0.165 e. The van der Waals surface area contributed by atoms with Crippen LogP contribution in [0.25, 0.3) is 11.4 Å². The number of aromatic nitrogens is 3. The van der Waals surface area contributed by atoms with Gasteiger partial charge < -0.3 is 9.30 Å². The van der Waals surface area contributed by atoms with Crippen LogP contribution in [0.3, 0.4) is 0 Å². The van der Waals surface area contributed by atoms with E-state index in [2.05, 4.69) is 17.1 Å². The van der Waals surface area contributed by atoms with Crippen molar-refractivity contribution < 1.29 is 9.13 Å². The Morgan fingerprint density at radius 2 is 2.24 bits per heavy atom. The van der Waals surface area contributed by atoms with E-state index in [0.717, 1.165) is 13.0 Å². The summed E-state index contributed by atoms with van der Waals surface area (Å²) in [7, 11) is 1.44. The summed E-state index contributed by atoms with van der Waals surface area (Å²) in [6, 6.07) is 4.78. The van der Waals surface area contributed by atoms with E-state index < -0.39 is 5.82 Å². The lowest BCUT2D eigenvalue weighted by molar-refractivity contribution is 0.386. The number of hydrogen-bond donors (Lipinski definition) is 0. The average molecular weight is 235 g/mol. The minimum atomic E-state index is -0.393. The van der Waals surface area contributed by atoms with Gasteiger partial charge in [0.1, 0.15) is 6.33 Å². The second kappa shape index (κ2) is 4.95. The number of benzene rings is 1. The minimum absolute atomic E-state index is 0.232. The van der Waals surface area contributed by atoms with Crippen molar-refractivity contribution in [2.75, 3.05) is 7.11 Å². The van der Waals surface area contributed by atoms with Crippen LogP contribution in [0.5, 0.6) is 5.75 Å². The largest absolute Gasteiger partial charge is 0.494 e. The van der Waals surface area contributed by atoms with Gasteiger partial charge in [0.05, 0.1) is 7.11 Å². The van der Waals surface area contributed by atoms with E-state index in [-0.39, 0.29) is 5.75 Å². The fraction of sp³-hybridized carbons (Fsp3) is 0.333. The third-order valence-electron chi connectivity index (χ3n) is 2.49. The Hall–Kier alpha value is -1.91. The lowest BCUT2D eigenvalue weighted by Crippen LogP contribution is -1.99. The first-order valence-electron chi connectivity index (χ1n) is 5.48. The standard InChI is InChI=1S/C12H14FN3O/c1-3-6-16-8-14-15-12(16)9-4-5-11(17-2)10(13)7-9/h4-5,7-8H,3,6H2,1-2H3. The van der Waals surface area contributed by atoms with Crippen molar-refractivity contribution in [3.8, 4) is 17.1 Å². The molecule has 0 bridgehead atoms. The van der Waals surface area contributed by atoms with Crippen molar-refractivity contribution in [2.45, 2.75) is 19.9 Å². The molecular formula is C12H14FN3O. The van der Waals surface area contributed by atoms with Gasteiger partial charge in [0.15, 0.2) is 17.4 Å². The normalized spacial score (nSPS) is 10.5. The summed E-state index contributed by atoms with van der Waals surface area (Å²) in [5, 5.41) is 7.86. The van der Waals surface area contributed by atoms with Gasteiger partial charge in [-0.05, 0) is 24.6 Å². The second-order valence-corrected chi connectivity index (χ2v) is 3.70. The predicted molar refractivity (Wildman–Crippen MR) is 62.3 cm³/mol. The Kier molecular flexibility index (Phi) is 3.37. The molecule has 0 saturated heterocycles. The number of methoxy groups -OCH3 is 1. The number of hydrogen-bond acceptors (Lipinski definition) is 3. The van der Waals surface area contributed by atoms with E-state index in [4.69, 9.17) is 4.74 Å². The summed E-state index contributed by atoms with van der Waals surface area (Å²) >= 11 is 0. The summed E-state index contributed by atoms with van der Waals surface area (Å²) in [5.41, 5.74) is 0.703. The molecule has 0 radical (unpaired) electrons. The highest BCUT2D eigenvalue weighted by molar-refractivity contribution is 5.56. The molecule has 0 aliphatic carbocycles. The molecule has 0 spiro atoms. The maximum atomic E-state index is 13.6. The van der Waals surface area contributed by atoms with Crippen LogP contribution in [-0.2, 0) is 6.54 Å². The predicted octanol–water partition coefficient (Wildman–Crippen LogP) is 2.50. The third-order valence-corrected chi connectivity index (χ3v) is 2.49. The molecule has 1 heterocycles. The molecule has 4 nitrogen and oxygen atoms in total. The Bertz CT molecular complexity index is 510. The Labute approximate surface area is 99.1 Å². The van der Waals surface area contributed by atoms with Gasteiger partial charge in [-0.2, -0.15) is 0 Å². The molecule has 0 N–H and O–H groups in total. The van der Waals surface area contributed by atoms with Crippen molar-refractivity contribution in [2.24, 2.45) is 0 Å². The SMILES string of the molecule is CCCn1cnnc1-c1ccc(OC)c(F)c1. The molecule has 1 aromatic heterocycles. The van der Waals surface area contributed by atoms with Crippen LogP contribution in [0.4, 0.5) is 4.39 Å². The lowest BCUT2D eigenvalue weighted by Gasteiger charge is -2.06. The number of ether oxygens (including phenoxy) is 1. The molecule has 2 aromatic rings. The number of halogens is 1. The molecule has 0 saturated carbocycles. The first-order chi connectivity index (χ1) is 8.26. The summed E-state index contributed by atoms with van der Waals surface area (Å²) in [4.78, 5) is 0. The molecule has 5 heteroatoms. The van der Waals surface area contributed by atoms with Crippen LogP contribution in [-0.4, -0.2) is 21.9 Å². The minimum Gasteiger partial charge on any atom is -0.494 e. The molecule has 2 rings (SSSR count). The van der Waals surface area contributed by atoms with Gasteiger partial charge in [0, 0.05) is 12.1 Å². The van der Waals surface area contributed by atoms with Crippen LogP contribution in [0, 0.1) is 5.82 Å². The summed E-state index contributed by atoms with van der Waals surface area (Å²) in [5.74, 6) is 0.514. The Morgan fingerprint density at radius 1 is 1.41 bits per heavy atom. The van der Waals surface area contributed by atoms with E-state index in [1.165, 1.54) is 13.2 Å². The van der Waals surface area contributed by atoms with Gasteiger partial charge >= 0.3 is 0 Å². The topological polar surface area (TPSA) is 39.9 Å². The van der Waals surface area contributed by atoms with Crippen LogP contribution < -0.4 is 4.74 Å². The quantitative estimate of drug-likeness (QED) is 0.817. The molecule has 0 amide bonds. The van der Waals surface area contributed by atoms with E-state index in [9.17, 15) is 4.39 Å². The zero-order valence-electron chi connectivity index (χ0n) is 9.85. The van der Waals surface area contributed by atoms with E-state index in [0.29, 0.717) is 11.4 Å². The molecule has 0 aliphatic heterocycles. The van der Waals surface area contributed by atoms with E-state index >= 15 is 0 Å². The van der Waals surface area contributed by atoms with Gasteiger partial charge in [-0.1, -0.05) is 6.92 Å². The van der Waals surface area contributed by atoms with Crippen LogP contribution in [0.2, 0.25) is 0 Å². The first kappa shape index (κ1) is 11.6. The van der Waals surface area contributed by atoms with Crippen LogP contribution in [0.15, 0.2) is 24.5 Å². The molecule has 0 unspecified atom stereocenters. The van der Waals surface area contributed by atoms with Crippen molar-refractivity contribution in [1.29, 1.82) is 0 Å². The molecule has 0 aliphatic rings. The molecule has 17 heavy (non-hydrogen) atoms. The van der Waals surface area contributed by atoms with Crippen LogP contribution >= 0.6 is 0 Å². The first-order valence-corrected chi connectivity index (χ1v) is 5.48. The molecular weight excluding hydrogens is 221 g/mol. The number of nitrogens with zero attached hydrogens (tertiary/aromatic N) is 3. The Morgan fingerprint density at radius 3 is 2.88 bits per heavy atom. The van der Waals surface area contributed by atoms with Gasteiger partial charge in [0.25, 0.3) is 0 Å². The van der Waals surface area contributed by atoms with Crippen molar-refractivity contribution >= 4 is 0 Å². The average Bonchev–Trinajstić information content (AvgIpc) is 2.78. The molecule has 90 valence electrons. The summed E-state index contributed by atoms with van der Waals surface area (Å²) in [6.07, 6.45) is 2.63. The lowest BCUT2D eigenvalue weighted by atomic mass is 10.2. The van der Waals surface area contributed by atoms with Crippen molar-refractivity contribution in [3.63, 3.8) is 0 Å². The maximum absolute atomic E-state index is 13.6. The van der Waals surface area contributed by atoms with Crippen molar-refractivity contribution in [1.82, 2.24) is 14.8 Å². The Balaban J connectivity index is 2.39. The second-order valence-electron chi connectivity index (χ2n) is 3.70. The highest BCUT2D eigenvalue weighted by Crippen LogP contribution is 2.24. The zero-order chi connectivity index (χ0) is 12.3. The fourth-order valence-corrected chi connectivity index (χ4v) is 1.69. The fourth-order valence-electron chi connectivity index (χ4n) is 1.69. The van der Waals surface area contributed by atoms with Gasteiger partial charge in [-0.25, -0.2) is 4.39 Å². The highest BCUT2D eigenvalue weighted by atomic mass is 19.1. The number of aryl methyl sites for hydroxylation is 1. The van der Waals surface area contributed by atoms with Crippen molar-refractivity contribution in [3.05, 3.63) is 30.3 Å². The van der Waals surface area contributed by atoms with E-state index in [1.807, 2.05) is 4.57 Å². The monoisotopic (exact) mass is 235 g/mol. The summed E-state index contributed by atoms with van der Waals surface area (Å²) < 4.78 is 20.4. The highest BCUT2D eigenvalue weighted by Gasteiger charge is 2.10. The number of rotatable bonds is 4. The molecule has 0 atom stereocenters. The summed E-state index contributed by atoms with van der Waals surface area (Å²) in [6.45, 7) is 2.88. The smallest absolute Gasteiger partial charge is 0.165 e. The van der Waals surface area contributed by atoms with Gasteiger partial charge in [0.2, 0.25) is 0 Å².